The molecule has 0 aliphatic heterocycles. The van der Waals surface area contributed by atoms with E-state index in [4.69, 9.17) is 4.74 Å². The molecule has 0 aliphatic carbocycles. The van der Waals surface area contributed by atoms with E-state index in [1.165, 1.54) is 0 Å². The van der Waals surface area contributed by atoms with Crippen molar-refractivity contribution in [2.24, 2.45) is 0 Å². The van der Waals surface area contributed by atoms with Crippen molar-refractivity contribution >= 4 is 15.9 Å². The van der Waals surface area contributed by atoms with Crippen molar-refractivity contribution in [2.75, 3.05) is 6.54 Å². The van der Waals surface area contributed by atoms with Crippen LogP contribution >= 0.6 is 15.9 Å². The number of ether oxygens (including phenoxy) is 1. The standard InChI is InChI=1S/C17H20BrNO/c1-3-10-19-12-14-11-15(18)8-9-17(14)20-16-7-5-4-6-13(16)2/h4-9,11,19H,3,10,12H2,1-2H3. The maximum Gasteiger partial charge on any atom is 0.132 e. The van der Waals surface area contributed by atoms with Gasteiger partial charge in [-0.15, -0.1) is 0 Å². The Bertz CT molecular complexity index is 569. The molecule has 0 heterocycles. The molecule has 0 saturated heterocycles. The molecule has 0 atom stereocenters. The molecule has 0 aliphatic rings. The van der Waals surface area contributed by atoms with Crippen molar-refractivity contribution in [1.29, 1.82) is 0 Å². The molecule has 20 heavy (non-hydrogen) atoms. The minimum Gasteiger partial charge on any atom is -0.457 e. The molecule has 0 radical (unpaired) electrons. The topological polar surface area (TPSA) is 21.3 Å². The molecule has 2 rings (SSSR count). The van der Waals surface area contributed by atoms with Gasteiger partial charge in [-0.2, -0.15) is 0 Å². The quantitative estimate of drug-likeness (QED) is 0.747. The van der Waals surface area contributed by atoms with E-state index in [-0.39, 0.29) is 0 Å². The zero-order valence-electron chi connectivity index (χ0n) is 11.9. The highest BCUT2D eigenvalue weighted by Crippen LogP contribution is 2.29. The summed E-state index contributed by atoms with van der Waals surface area (Å²) in [6.07, 6.45) is 1.13. The van der Waals surface area contributed by atoms with Crippen LogP contribution in [-0.4, -0.2) is 6.54 Å². The fourth-order valence-electron chi connectivity index (χ4n) is 1.97. The Hall–Kier alpha value is -1.32. The lowest BCUT2D eigenvalue weighted by Gasteiger charge is -2.13. The van der Waals surface area contributed by atoms with Crippen molar-refractivity contribution in [1.82, 2.24) is 5.32 Å². The Morgan fingerprint density at radius 3 is 2.65 bits per heavy atom. The fourth-order valence-corrected chi connectivity index (χ4v) is 2.38. The Morgan fingerprint density at radius 2 is 1.90 bits per heavy atom. The second-order valence-electron chi connectivity index (χ2n) is 4.80. The predicted molar refractivity (Wildman–Crippen MR) is 87.4 cm³/mol. The molecule has 0 spiro atoms. The molecule has 2 nitrogen and oxygen atoms in total. The highest BCUT2D eigenvalue weighted by Gasteiger charge is 2.07. The molecule has 0 fully saturated rings. The van der Waals surface area contributed by atoms with Gasteiger partial charge >= 0.3 is 0 Å². The lowest BCUT2D eigenvalue weighted by molar-refractivity contribution is 0.469. The van der Waals surface area contributed by atoms with Crippen LogP contribution in [0.3, 0.4) is 0 Å². The van der Waals surface area contributed by atoms with Gasteiger partial charge in [0.2, 0.25) is 0 Å². The van der Waals surface area contributed by atoms with E-state index < -0.39 is 0 Å². The van der Waals surface area contributed by atoms with E-state index in [1.807, 2.05) is 30.3 Å². The summed E-state index contributed by atoms with van der Waals surface area (Å²) in [6, 6.07) is 14.2. The van der Waals surface area contributed by atoms with E-state index in [2.05, 4.69) is 47.2 Å². The van der Waals surface area contributed by atoms with Crippen LogP contribution in [0.5, 0.6) is 11.5 Å². The lowest BCUT2D eigenvalue weighted by Crippen LogP contribution is -2.14. The van der Waals surface area contributed by atoms with Crippen LogP contribution in [0.15, 0.2) is 46.9 Å². The monoisotopic (exact) mass is 333 g/mol. The summed E-state index contributed by atoms with van der Waals surface area (Å²) in [5.41, 5.74) is 2.30. The van der Waals surface area contributed by atoms with E-state index >= 15 is 0 Å². The largest absolute Gasteiger partial charge is 0.457 e. The van der Waals surface area contributed by atoms with Crippen molar-refractivity contribution in [3.8, 4) is 11.5 Å². The summed E-state index contributed by atoms with van der Waals surface area (Å²) < 4.78 is 7.14. The number of hydrogen-bond acceptors (Lipinski definition) is 2. The summed E-state index contributed by atoms with van der Waals surface area (Å²) in [7, 11) is 0. The van der Waals surface area contributed by atoms with E-state index in [9.17, 15) is 0 Å². The molecule has 0 aromatic heterocycles. The normalized spacial score (nSPS) is 10.6. The maximum absolute atomic E-state index is 6.07. The molecule has 0 unspecified atom stereocenters. The first-order valence-electron chi connectivity index (χ1n) is 6.93. The first-order valence-corrected chi connectivity index (χ1v) is 7.72. The van der Waals surface area contributed by atoms with Gasteiger partial charge in [0.15, 0.2) is 0 Å². The van der Waals surface area contributed by atoms with Gasteiger partial charge in [-0.05, 0) is 49.7 Å². The molecule has 3 heteroatoms. The number of benzene rings is 2. The summed E-state index contributed by atoms with van der Waals surface area (Å²) in [4.78, 5) is 0. The molecule has 106 valence electrons. The SMILES string of the molecule is CCCNCc1cc(Br)ccc1Oc1ccccc1C. The van der Waals surface area contributed by atoms with Crippen molar-refractivity contribution < 1.29 is 4.74 Å². The molecule has 0 saturated carbocycles. The second-order valence-corrected chi connectivity index (χ2v) is 5.71. The lowest BCUT2D eigenvalue weighted by atomic mass is 10.2. The van der Waals surface area contributed by atoms with Crippen molar-refractivity contribution in [2.45, 2.75) is 26.8 Å². The summed E-state index contributed by atoms with van der Waals surface area (Å²) in [6.45, 7) is 6.05. The van der Waals surface area contributed by atoms with Crippen LogP contribution < -0.4 is 10.1 Å². The molecular weight excluding hydrogens is 314 g/mol. The van der Waals surface area contributed by atoms with Gasteiger partial charge in [-0.1, -0.05) is 41.1 Å². The number of halogens is 1. The van der Waals surface area contributed by atoms with Crippen LogP contribution in [0.25, 0.3) is 0 Å². The number of hydrogen-bond donors (Lipinski definition) is 1. The maximum atomic E-state index is 6.07. The van der Waals surface area contributed by atoms with Gasteiger partial charge in [0.1, 0.15) is 11.5 Å². The third-order valence-corrected chi connectivity index (χ3v) is 3.57. The summed E-state index contributed by atoms with van der Waals surface area (Å²) in [5.74, 6) is 1.82. The molecule has 2 aromatic carbocycles. The third-order valence-electron chi connectivity index (χ3n) is 3.08. The summed E-state index contributed by atoms with van der Waals surface area (Å²) in [5, 5.41) is 3.42. The number of rotatable bonds is 6. The Balaban J connectivity index is 2.20. The molecular formula is C17H20BrNO. The summed E-state index contributed by atoms with van der Waals surface area (Å²) >= 11 is 3.52. The van der Waals surface area contributed by atoms with Gasteiger partial charge in [0, 0.05) is 16.6 Å². The molecule has 0 amide bonds. The third kappa shape index (κ3) is 4.09. The number of nitrogens with one attached hydrogen (secondary N) is 1. The highest BCUT2D eigenvalue weighted by atomic mass is 79.9. The van der Waals surface area contributed by atoms with Crippen LogP contribution in [0.2, 0.25) is 0 Å². The number of aryl methyl sites for hydroxylation is 1. The van der Waals surface area contributed by atoms with Gasteiger partial charge in [0.25, 0.3) is 0 Å². The van der Waals surface area contributed by atoms with Gasteiger partial charge in [0.05, 0.1) is 0 Å². The second kappa shape index (κ2) is 7.46. The number of para-hydroxylation sites is 1. The van der Waals surface area contributed by atoms with Crippen LogP contribution in [0.4, 0.5) is 0 Å². The van der Waals surface area contributed by atoms with Crippen LogP contribution in [0, 0.1) is 6.92 Å². The minimum atomic E-state index is 0.814. The predicted octanol–water partition coefficient (Wildman–Crippen LogP) is 5.05. The van der Waals surface area contributed by atoms with E-state index in [0.29, 0.717) is 0 Å². The van der Waals surface area contributed by atoms with Gasteiger partial charge in [-0.3, -0.25) is 0 Å². The highest BCUT2D eigenvalue weighted by molar-refractivity contribution is 9.10. The van der Waals surface area contributed by atoms with E-state index in [0.717, 1.165) is 46.6 Å². The first kappa shape index (κ1) is 15.1. The molecule has 2 aromatic rings. The smallest absolute Gasteiger partial charge is 0.132 e. The van der Waals surface area contributed by atoms with Crippen molar-refractivity contribution in [3.05, 3.63) is 58.1 Å². The van der Waals surface area contributed by atoms with Gasteiger partial charge < -0.3 is 10.1 Å². The molecule has 1 N–H and O–H groups in total. The van der Waals surface area contributed by atoms with Crippen molar-refractivity contribution in [3.63, 3.8) is 0 Å². The zero-order chi connectivity index (χ0) is 14.4. The van der Waals surface area contributed by atoms with Crippen LogP contribution in [-0.2, 0) is 6.54 Å². The average molecular weight is 334 g/mol. The minimum absolute atomic E-state index is 0.814. The average Bonchev–Trinajstić information content (AvgIpc) is 2.44. The molecule has 0 bridgehead atoms. The Morgan fingerprint density at radius 1 is 1.10 bits per heavy atom. The Kier molecular flexibility index (Phi) is 5.62. The van der Waals surface area contributed by atoms with Gasteiger partial charge in [-0.25, -0.2) is 0 Å². The van der Waals surface area contributed by atoms with E-state index in [1.54, 1.807) is 0 Å². The zero-order valence-corrected chi connectivity index (χ0v) is 13.5. The van der Waals surface area contributed by atoms with Crippen LogP contribution in [0.1, 0.15) is 24.5 Å². The first-order chi connectivity index (χ1) is 9.70. The Labute approximate surface area is 129 Å². The fraction of sp³-hybridized carbons (Fsp3) is 0.294.